The molecule has 2 fully saturated rings. The van der Waals surface area contributed by atoms with Crippen molar-refractivity contribution >= 4 is 33.5 Å². The number of carbonyl (C=O) groups is 2. The van der Waals surface area contributed by atoms with Crippen molar-refractivity contribution in [1.82, 2.24) is 10.2 Å². The van der Waals surface area contributed by atoms with Gasteiger partial charge in [-0.1, -0.05) is 23.5 Å². The first-order valence-corrected chi connectivity index (χ1v) is 11.2. The van der Waals surface area contributed by atoms with Gasteiger partial charge in [0.05, 0.1) is 13.2 Å². The van der Waals surface area contributed by atoms with Gasteiger partial charge in [0.2, 0.25) is 10.3 Å². The second-order valence-electron chi connectivity index (χ2n) is 7.88. The lowest BCUT2D eigenvalue weighted by atomic mass is 9.77. The van der Waals surface area contributed by atoms with Crippen LogP contribution in [0.15, 0.2) is 24.3 Å². The van der Waals surface area contributed by atoms with Crippen LogP contribution in [0.3, 0.4) is 0 Å². The van der Waals surface area contributed by atoms with E-state index in [1.54, 1.807) is 0 Å². The van der Waals surface area contributed by atoms with Crippen molar-refractivity contribution in [3.8, 4) is 0 Å². The van der Waals surface area contributed by atoms with Crippen LogP contribution in [0, 0.1) is 5.92 Å². The number of hydrogen-bond donors (Lipinski definition) is 2. The monoisotopic (exact) mass is 430 g/mol. The quantitative estimate of drug-likeness (QED) is 0.724. The summed E-state index contributed by atoms with van der Waals surface area (Å²) < 4.78 is 5.35. The Hall–Kier alpha value is -2.52. The Morgan fingerprint density at radius 2 is 1.80 bits per heavy atom. The summed E-state index contributed by atoms with van der Waals surface area (Å²) >= 11 is 1.37. The van der Waals surface area contributed by atoms with Crippen molar-refractivity contribution in [3.05, 3.63) is 35.4 Å². The topological polar surface area (TPSA) is 105 Å². The molecule has 1 saturated heterocycles. The SMILES string of the molecule is O=C(O)C[C@H]1CC[C@H](c2ccc(C(=O)Nc3nnc(N4CCOCC4)s3)cc2)CC1. The normalized spacial score (nSPS) is 21.9. The van der Waals surface area contributed by atoms with Gasteiger partial charge < -0.3 is 14.7 Å². The molecule has 1 aromatic carbocycles. The van der Waals surface area contributed by atoms with Crippen molar-refractivity contribution in [3.63, 3.8) is 0 Å². The molecule has 2 aromatic rings. The van der Waals surface area contributed by atoms with E-state index in [1.165, 1.54) is 16.9 Å². The highest BCUT2D eigenvalue weighted by molar-refractivity contribution is 7.19. The number of carboxylic acid groups (broad SMARTS) is 1. The van der Waals surface area contributed by atoms with Crippen LogP contribution in [-0.4, -0.2) is 53.5 Å². The Morgan fingerprint density at radius 1 is 1.10 bits per heavy atom. The molecule has 0 spiro atoms. The van der Waals surface area contributed by atoms with Gasteiger partial charge in [0.1, 0.15) is 0 Å². The maximum absolute atomic E-state index is 12.6. The summed E-state index contributed by atoms with van der Waals surface area (Å²) in [5.41, 5.74) is 1.80. The number of amides is 1. The fourth-order valence-electron chi connectivity index (χ4n) is 4.17. The number of nitrogens with one attached hydrogen (secondary N) is 1. The molecular weight excluding hydrogens is 404 g/mol. The highest BCUT2D eigenvalue weighted by Crippen LogP contribution is 2.37. The Bertz CT molecular complexity index is 871. The van der Waals surface area contributed by atoms with Gasteiger partial charge in [-0.25, -0.2) is 0 Å². The summed E-state index contributed by atoms with van der Waals surface area (Å²) in [4.78, 5) is 25.6. The number of carboxylic acids is 1. The first-order valence-electron chi connectivity index (χ1n) is 10.4. The lowest BCUT2D eigenvalue weighted by Gasteiger charge is -2.28. The number of rotatable bonds is 6. The minimum absolute atomic E-state index is 0.198. The van der Waals surface area contributed by atoms with E-state index in [2.05, 4.69) is 20.4 Å². The molecule has 0 bridgehead atoms. The van der Waals surface area contributed by atoms with Crippen molar-refractivity contribution in [2.45, 2.75) is 38.0 Å². The van der Waals surface area contributed by atoms with Crippen LogP contribution in [-0.2, 0) is 9.53 Å². The average molecular weight is 431 g/mol. The predicted molar refractivity (Wildman–Crippen MR) is 114 cm³/mol. The van der Waals surface area contributed by atoms with E-state index in [4.69, 9.17) is 9.84 Å². The Balaban J connectivity index is 1.31. The van der Waals surface area contributed by atoms with Crippen LogP contribution < -0.4 is 10.2 Å². The molecule has 1 aromatic heterocycles. The molecule has 9 heteroatoms. The zero-order chi connectivity index (χ0) is 20.9. The van der Waals surface area contributed by atoms with Crippen molar-refractivity contribution < 1.29 is 19.4 Å². The third kappa shape index (κ3) is 5.14. The number of hydrogen-bond acceptors (Lipinski definition) is 7. The molecule has 1 aliphatic heterocycles. The van der Waals surface area contributed by atoms with E-state index in [9.17, 15) is 9.59 Å². The summed E-state index contributed by atoms with van der Waals surface area (Å²) in [6.07, 6.45) is 4.16. The molecule has 8 nitrogen and oxygen atoms in total. The number of benzene rings is 1. The zero-order valence-corrected chi connectivity index (χ0v) is 17.6. The predicted octanol–water partition coefficient (Wildman–Crippen LogP) is 3.38. The second kappa shape index (κ2) is 9.53. The van der Waals surface area contributed by atoms with Crippen molar-refractivity contribution in [2.24, 2.45) is 5.92 Å². The number of anilines is 2. The summed E-state index contributed by atoms with van der Waals surface area (Å²) in [6, 6.07) is 7.71. The fourth-order valence-corrected chi connectivity index (χ4v) is 4.96. The van der Waals surface area contributed by atoms with Crippen LogP contribution >= 0.6 is 11.3 Å². The largest absolute Gasteiger partial charge is 0.481 e. The highest BCUT2D eigenvalue weighted by atomic mass is 32.1. The zero-order valence-electron chi connectivity index (χ0n) is 16.7. The highest BCUT2D eigenvalue weighted by Gasteiger charge is 2.24. The molecule has 2 aliphatic rings. The van der Waals surface area contributed by atoms with Gasteiger partial charge in [-0.05, 0) is 55.2 Å². The van der Waals surface area contributed by atoms with Gasteiger partial charge in [-0.2, -0.15) is 0 Å². The number of aromatic nitrogens is 2. The standard InChI is InChI=1S/C21H26N4O4S/c26-18(27)13-14-1-3-15(4-2-14)16-5-7-17(8-6-16)19(28)22-20-23-24-21(30-20)25-9-11-29-12-10-25/h5-8,14-15H,1-4,9-13H2,(H,26,27)(H,22,23,28)/t14-,15-. The van der Waals surface area contributed by atoms with E-state index >= 15 is 0 Å². The van der Waals surface area contributed by atoms with E-state index in [0.717, 1.165) is 43.9 Å². The molecule has 1 amide bonds. The summed E-state index contributed by atoms with van der Waals surface area (Å²) in [6.45, 7) is 2.91. The molecule has 4 rings (SSSR count). The maximum Gasteiger partial charge on any atom is 0.303 e. The number of carbonyl (C=O) groups excluding carboxylic acids is 1. The minimum Gasteiger partial charge on any atom is -0.481 e. The third-order valence-corrected chi connectivity index (χ3v) is 6.77. The van der Waals surface area contributed by atoms with E-state index in [-0.39, 0.29) is 18.2 Å². The van der Waals surface area contributed by atoms with Crippen LogP contribution in [0.25, 0.3) is 0 Å². The molecule has 1 saturated carbocycles. The van der Waals surface area contributed by atoms with E-state index in [1.807, 2.05) is 24.3 Å². The van der Waals surface area contributed by atoms with Crippen LogP contribution in [0.5, 0.6) is 0 Å². The smallest absolute Gasteiger partial charge is 0.303 e. The molecule has 2 N–H and O–H groups in total. The van der Waals surface area contributed by atoms with Gasteiger partial charge in [-0.15, -0.1) is 10.2 Å². The molecular formula is C21H26N4O4S. The molecule has 0 atom stereocenters. The van der Waals surface area contributed by atoms with Gasteiger partial charge in [0, 0.05) is 25.1 Å². The van der Waals surface area contributed by atoms with Crippen molar-refractivity contribution in [1.29, 1.82) is 0 Å². The Morgan fingerprint density at radius 3 is 2.47 bits per heavy atom. The number of ether oxygens (including phenoxy) is 1. The Labute approximate surface area is 179 Å². The van der Waals surface area contributed by atoms with E-state index < -0.39 is 5.97 Å². The third-order valence-electron chi connectivity index (χ3n) is 5.87. The Kier molecular flexibility index (Phi) is 6.59. The lowest BCUT2D eigenvalue weighted by molar-refractivity contribution is -0.138. The average Bonchev–Trinajstić information content (AvgIpc) is 3.23. The molecule has 160 valence electrons. The summed E-state index contributed by atoms with van der Waals surface area (Å²) in [5, 5.41) is 21.3. The summed E-state index contributed by atoms with van der Waals surface area (Å²) in [5.74, 6) is -0.179. The molecule has 0 unspecified atom stereocenters. The first kappa shape index (κ1) is 20.7. The van der Waals surface area contributed by atoms with Crippen LogP contribution in [0.4, 0.5) is 10.3 Å². The maximum atomic E-state index is 12.6. The first-order chi connectivity index (χ1) is 14.6. The fraction of sp³-hybridized carbons (Fsp3) is 0.524. The molecule has 1 aliphatic carbocycles. The number of morpholine rings is 1. The molecule has 2 heterocycles. The van der Waals surface area contributed by atoms with Gasteiger partial charge >= 0.3 is 5.97 Å². The number of aliphatic carboxylic acids is 1. The summed E-state index contributed by atoms with van der Waals surface area (Å²) in [7, 11) is 0. The van der Waals surface area contributed by atoms with Crippen LogP contribution in [0.2, 0.25) is 0 Å². The number of nitrogens with zero attached hydrogens (tertiary/aromatic N) is 3. The molecule has 30 heavy (non-hydrogen) atoms. The molecule has 0 radical (unpaired) electrons. The van der Waals surface area contributed by atoms with Crippen molar-refractivity contribution in [2.75, 3.05) is 36.5 Å². The second-order valence-corrected chi connectivity index (χ2v) is 8.84. The lowest BCUT2D eigenvalue weighted by Crippen LogP contribution is -2.36. The van der Waals surface area contributed by atoms with Gasteiger partial charge in [0.15, 0.2) is 0 Å². The van der Waals surface area contributed by atoms with Crippen LogP contribution in [0.1, 0.15) is 53.9 Å². The van der Waals surface area contributed by atoms with E-state index in [0.29, 0.717) is 29.8 Å². The minimum atomic E-state index is -0.707. The van der Waals surface area contributed by atoms with Gasteiger partial charge in [-0.3, -0.25) is 14.9 Å². The van der Waals surface area contributed by atoms with Gasteiger partial charge in [0.25, 0.3) is 5.91 Å².